The van der Waals surface area contributed by atoms with Crippen LogP contribution in [0.2, 0.25) is 5.02 Å². The van der Waals surface area contributed by atoms with Crippen molar-refractivity contribution < 1.29 is 14.6 Å². The molecule has 1 N–H and O–H groups in total. The summed E-state index contributed by atoms with van der Waals surface area (Å²) in [5.41, 5.74) is 0.787. The molecule has 0 amide bonds. The van der Waals surface area contributed by atoms with Crippen molar-refractivity contribution >= 4 is 33.5 Å². The fourth-order valence-corrected chi connectivity index (χ4v) is 2.38. The van der Waals surface area contributed by atoms with Crippen LogP contribution in [-0.2, 0) is 0 Å². The third-order valence-corrected chi connectivity index (χ3v) is 3.56. The molecule has 0 saturated carbocycles. The van der Waals surface area contributed by atoms with Crippen LogP contribution in [0.1, 0.15) is 35.8 Å². The summed E-state index contributed by atoms with van der Waals surface area (Å²) in [6, 6.07) is 8.10. The van der Waals surface area contributed by atoms with Gasteiger partial charge in [-0.05, 0) is 30.2 Å². The van der Waals surface area contributed by atoms with Crippen molar-refractivity contribution in [3.63, 3.8) is 0 Å². The number of hydrogen-bond donors (Lipinski definition) is 1. The Morgan fingerprint density at radius 3 is 2.62 bits per heavy atom. The molecule has 21 heavy (non-hydrogen) atoms. The Hall–Kier alpha value is -1.59. The van der Waals surface area contributed by atoms with Crippen LogP contribution in [0.25, 0.3) is 0 Å². The van der Waals surface area contributed by atoms with Gasteiger partial charge in [0.05, 0.1) is 10.6 Å². The number of halogens is 2. The zero-order valence-electron chi connectivity index (χ0n) is 11.4. The minimum atomic E-state index is -1.02. The molecule has 0 aliphatic rings. The maximum absolute atomic E-state index is 11.2. The van der Waals surface area contributed by atoms with Gasteiger partial charge in [0.2, 0.25) is 5.88 Å². The maximum Gasteiger partial charge on any atom is 0.335 e. The summed E-state index contributed by atoms with van der Waals surface area (Å²) in [4.78, 5) is 15.5. The average Bonchev–Trinajstić information content (AvgIpc) is 2.41. The highest BCUT2D eigenvalue weighted by Crippen LogP contribution is 2.32. The fourth-order valence-electron chi connectivity index (χ4n) is 1.67. The van der Waals surface area contributed by atoms with Crippen LogP contribution in [0.5, 0.6) is 11.6 Å². The van der Waals surface area contributed by atoms with Crippen molar-refractivity contribution in [1.29, 1.82) is 0 Å². The van der Waals surface area contributed by atoms with Crippen LogP contribution in [-0.4, -0.2) is 16.1 Å². The zero-order chi connectivity index (χ0) is 15.6. The Morgan fingerprint density at radius 1 is 1.33 bits per heavy atom. The van der Waals surface area contributed by atoms with E-state index in [1.54, 1.807) is 24.3 Å². The largest absolute Gasteiger partial charge is 0.478 e. The minimum Gasteiger partial charge on any atom is -0.478 e. The van der Waals surface area contributed by atoms with Crippen molar-refractivity contribution in [1.82, 2.24) is 4.98 Å². The molecule has 0 unspecified atom stereocenters. The van der Waals surface area contributed by atoms with Crippen LogP contribution in [0.3, 0.4) is 0 Å². The Morgan fingerprint density at radius 2 is 2.05 bits per heavy atom. The second-order valence-electron chi connectivity index (χ2n) is 4.76. The van der Waals surface area contributed by atoms with Crippen LogP contribution in [0, 0.1) is 0 Å². The lowest BCUT2D eigenvalue weighted by molar-refractivity contribution is 0.0696. The second kappa shape index (κ2) is 6.45. The molecule has 110 valence electrons. The maximum atomic E-state index is 11.2. The van der Waals surface area contributed by atoms with E-state index in [0.717, 1.165) is 4.47 Å². The first kappa shape index (κ1) is 15.8. The van der Waals surface area contributed by atoms with E-state index >= 15 is 0 Å². The van der Waals surface area contributed by atoms with Gasteiger partial charge in [-0.25, -0.2) is 9.78 Å². The average molecular weight is 371 g/mol. The smallest absolute Gasteiger partial charge is 0.335 e. The normalized spacial score (nSPS) is 10.7. The van der Waals surface area contributed by atoms with Crippen LogP contribution >= 0.6 is 27.5 Å². The molecule has 4 nitrogen and oxygen atoms in total. The van der Waals surface area contributed by atoms with Gasteiger partial charge in [0, 0.05) is 16.2 Å². The molecule has 0 bridgehead atoms. The van der Waals surface area contributed by atoms with E-state index in [4.69, 9.17) is 21.4 Å². The molecule has 1 aromatic carbocycles. The fraction of sp³-hybridized carbons (Fsp3) is 0.200. The molecule has 2 rings (SSSR count). The lowest BCUT2D eigenvalue weighted by Gasteiger charge is -2.11. The highest BCUT2D eigenvalue weighted by atomic mass is 79.9. The predicted molar refractivity (Wildman–Crippen MR) is 84.5 cm³/mol. The molecule has 1 aromatic heterocycles. The number of nitrogens with zero attached hydrogens (tertiary/aromatic N) is 1. The molecule has 6 heteroatoms. The number of carbonyl (C=O) groups is 1. The van der Waals surface area contributed by atoms with Crippen LogP contribution < -0.4 is 4.74 Å². The van der Waals surface area contributed by atoms with E-state index < -0.39 is 5.97 Å². The predicted octanol–water partition coefficient (Wildman–Crippen LogP) is 5.11. The minimum absolute atomic E-state index is 0.0899. The number of aromatic nitrogens is 1. The lowest BCUT2D eigenvalue weighted by Crippen LogP contribution is -2.03. The Labute approximate surface area is 135 Å². The van der Waals surface area contributed by atoms with Gasteiger partial charge in [-0.1, -0.05) is 41.4 Å². The SMILES string of the molecule is CC(C)c1cc(C(=O)O)cc(Oc2ccc(Br)cc2Cl)n1. The highest BCUT2D eigenvalue weighted by Gasteiger charge is 2.13. The number of rotatable bonds is 4. The third-order valence-electron chi connectivity index (χ3n) is 2.77. The summed E-state index contributed by atoms with van der Waals surface area (Å²) in [5, 5.41) is 9.57. The van der Waals surface area contributed by atoms with E-state index in [1.807, 2.05) is 13.8 Å². The second-order valence-corrected chi connectivity index (χ2v) is 6.08. The molecular weight excluding hydrogens is 358 g/mol. The van der Waals surface area contributed by atoms with Gasteiger partial charge >= 0.3 is 5.97 Å². The third kappa shape index (κ3) is 3.95. The lowest BCUT2D eigenvalue weighted by atomic mass is 10.1. The van der Waals surface area contributed by atoms with Gasteiger partial charge in [0.1, 0.15) is 5.75 Å². The van der Waals surface area contributed by atoms with E-state index in [-0.39, 0.29) is 17.4 Å². The summed E-state index contributed by atoms with van der Waals surface area (Å²) in [7, 11) is 0. The number of pyridine rings is 1. The van der Waals surface area contributed by atoms with Gasteiger partial charge in [0.15, 0.2) is 0 Å². The number of carboxylic acid groups (broad SMARTS) is 1. The van der Waals surface area contributed by atoms with Crippen molar-refractivity contribution in [3.05, 3.63) is 51.1 Å². The van der Waals surface area contributed by atoms with Gasteiger partial charge < -0.3 is 9.84 Å². The van der Waals surface area contributed by atoms with E-state index in [9.17, 15) is 4.79 Å². The Balaban J connectivity index is 2.41. The van der Waals surface area contributed by atoms with E-state index in [2.05, 4.69) is 20.9 Å². The molecular formula is C15H13BrClNO3. The quantitative estimate of drug-likeness (QED) is 0.812. The molecule has 2 aromatic rings. The number of carboxylic acids is 1. The summed E-state index contributed by atoms with van der Waals surface area (Å²) >= 11 is 9.39. The molecule has 0 saturated heterocycles. The Bertz CT molecular complexity index is 689. The van der Waals surface area contributed by atoms with Crippen molar-refractivity contribution in [3.8, 4) is 11.6 Å². The summed E-state index contributed by atoms with van der Waals surface area (Å²) in [6.45, 7) is 3.87. The first-order chi connectivity index (χ1) is 9.86. The standard InChI is InChI=1S/C15H13BrClNO3/c1-8(2)12-5-9(15(19)20)6-14(18-12)21-13-4-3-10(16)7-11(13)17/h3-8H,1-2H3,(H,19,20). The summed E-state index contributed by atoms with van der Waals surface area (Å²) in [5.74, 6) is -0.300. The topological polar surface area (TPSA) is 59.4 Å². The number of ether oxygens (including phenoxy) is 1. The zero-order valence-corrected chi connectivity index (χ0v) is 13.8. The first-order valence-corrected chi connectivity index (χ1v) is 7.42. The summed E-state index contributed by atoms with van der Waals surface area (Å²) in [6.07, 6.45) is 0. The molecule has 0 spiro atoms. The summed E-state index contributed by atoms with van der Waals surface area (Å²) < 4.78 is 6.45. The number of benzene rings is 1. The molecule has 0 aliphatic carbocycles. The van der Waals surface area contributed by atoms with Gasteiger partial charge in [-0.15, -0.1) is 0 Å². The number of aromatic carboxylic acids is 1. The van der Waals surface area contributed by atoms with E-state index in [0.29, 0.717) is 16.5 Å². The highest BCUT2D eigenvalue weighted by molar-refractivity contribution is 9.10. The molecule has 0 radical (unpaired) electrons. The first-order valence-electron chi connectivity index (χ1n) is 6.25. The monoisotopic (exact) mass is 369 g/mol. The Kier molecular flexibility index (Phi) is 4.85. The van der Waals surface area contributed by atoms with E-state index in [1.165, 1.54) is 6.07 Å². The van der Waals surface area contributed by atoms with Crippen molar-refractivity contribution in [2.75, 3.05) is 0 Å². The van der Waals surface area contributed by atoms with Crippen LogP contribution in [0.4, 0.5) is 0 Å². The van der Waals surface area contributed by atoms with Gasteiger partial charge in [-0.3, -0.25) is 0 Å². The van der Waals surface area contributed by atoms with Gasteiger partial charge in [0.25, 0.3) is 0 Å². The number of hydrogen-bond acceptors (Lipinski definition) is 3. The van der Waals surface area contributed by atoms with Gasteiger partial charge in [-0.2, -0.15) is 0 Å². The van der Waals surface area contributed by atoms with Crippen LogP contribution in [0.15, 0.2) is 34.8 Å². The molecule has 1 heterocycles. The molecule has 0 atom stereocenters. The molecule has 0 fully saturated rings. The van der Waals surface area contributed by atoms with Crippen molar-refractivity contribution in [2.24, 2.45) is 0 Å². The van der Waals surface area contributed by atoms with Crippen molar-refractivity contribution in [2.45, 2.75) is 19.8 Å². The molecule has 0 aliphatic heterocycles.